The van der Waals surface area contributed by atoms with Crippen LogP contribution in [0, 0.1) is 11.8 Å². The van der Waals surface area contributed by atoms with Crippen LogP contribution >= 0.6 is 34.3 Å². The summed E-state index contributed by atoms with van der Waals surface area (Å²) in [7, 11) is 2.10. The van der Waals surface area contributed by atoms with Crippen LogP contribution in [0.1, 0.15) is 15.3 Å². The molecule has 100 valence electrons. The first-order chi connectivity index (χ1) is 9.19. The first-order valence-corrected chi connectivity index (χ1v) is 7.94. The first-order valence-electron chi connectivity index (χ1n) is 5.87. The SMILES string of the molecule is CN(Cc1ccc(Cl)s1)Cc1sccc1C#CCN. The number of nitrogens with two attached hydrogens (primary N) is 1. The van der Waals surface area contributed by atoms with E-state index in [1.54, 1.807) is 22.7 Å². The van der Waals surface area contributed by atoms with Crippen LogP contribution in [0.25, 0.3) is 0 Å². The predicted molar refractivity (Wildman–Crippen MR) is 84.8 cm³/mol. The Morgan fingerprint density at radius 1 is 1.32 bits per heavy atom. The van der Waals surface area contributed by atoms with Crippen LogP contribution in [0.5, 0.6) is 0 Å². The zero-order valence-corrected chi connectivity index (χ0v) is 13.0. The Bertz CT molecular complexity index is 592. The molecule has 0 amide bonds. The van der Waals surface area contributed by atoms with Gasteiger partial charge in [0.05, 0.1) is 10.9 Å². The summed E-state index contributed by atoms with van der Waals surface area (Å²) < 4.78 is 0.842. The third-order valence-electron chi connectivity index (χ3n) is 2.54. The van der Waals surface area contributed by atoms with Gasteiger partial charge in [-0.05, 0) is 30.6 Å². The van der Waals surface area contributed by atoms with E-state index in [9.17, 15) is 0 Å². The Morgan fingerprint density at radius 2 is 2.16 bits per heavy atom. The van der Waals surface area contributed by atoms with Gasteiger partial charge in [-0.15, -0.1) is 22.7 Å². The maximum Gasteiger partial charge on any atom is 0.0931 e. The van der Waals surface area contributed by atoms with Gasteiger partial charge in [0.15, 0.2) is 0 Å². The van der Waals surface area contributed by atoms with E-state index in [0.29, 0.717) is 6.54 Å². The van der Waals surface area contributed by atoms with Crippen molar-refractivity contribution in [2.24, 2.45) is 5.73 Å². The fourth-order valence-corrected chi connectivity index (χ4v) is 3.80. The average Bonchev–Trinajstić information content (AvgIpc) is 2.96. The zero-order valence-electron chi connectivity index (χ0n) is 10.6. The number of thiophene rings is 2. The van der Waals surface area contributed by atoms with Gasteiger partial charge in [0.25, 0.3) is 0 Å². The third-order valence-corrected chi connectivity index (χ3v) is 4.66. The van der Waals surface area contributed by atoms with Crippen molar-refractivity contribution in [2.75, 3.05) is 13.6 Å². The highest BCUT2D eigenvalue weighted by Gasteiger charge is 2.08. The second kappa shape index (κ2) is 7.09. The molecule has 0 saturated heterocycles. The minimum Gasteiger partial charge on any atom is -0.320 e. The molecule has 0 radical (unpaired) electrons. The molecule has 0 fully saturated rings. The van der Waals surface area contributed by atoms with Gasteiger partial charge < -0.3 is 5.73 Å². The fraction of sp³-hybridized carbons (Fsp3) is 0.286. The topological polar surface area (TPSA) is 29.3 Å². The largest absolute Gasteiger partial charge is 0.320 e. The van der Waals surface area contributed by atoms with Crippen molar-refractivity contribution in [1.82, 2.24) is 4.90 Å². The molecule has 0 spiro atoms. The van der Waals surface area contributed by atoms with Gasteiger partial charge in [0.2, 0.25) is 0 Å². The summed E-state index contributed by atoms with van der Waals surface area (Å²) in [4.78, 5) is 4.83. The Hall–Kier alpha value is -0.830. The third kappa shape index (κ3) is 4.34. The summed E-state index contributed by atoms with van der Waals surface area (Å²) in [5.74, 6) is 6.02. The van der Waals surface area contributed by atoms with Crippen LogP contribution in [0.2, 0.25) is 4.34 Å². The Kier molecular flexibility index (Phi) is 5.44. The first kappa shape index (κ1) is 14.6. The molecule has 0 unspecified atom stereocenters. The number of hydrogen-bond acceptors (Lipinski definition) is 4. The normalized spacial score (nSPS) is 10.5. The molecule has 2 aromatic rings. The maximum absolute atomic E-state index is 5.94. The van der Waals surface area contributed by atoms with Crippen LogP contribution in [0.15, 0.2) is 23.6 Å². The summed E-state index contributed by atoms with van der Waals surface area (Å²) in [6, 6.07) is 6.07. The lowest BCUT2D eigenvalue weighted by molar-refractivity contribution is 0.325. The molecule has 2 heterocycles. The quantitative estimate of drug-likeness (QED) is 0.877. The van der Waals surface area contributed by atoms with Crippen molar-refractivity contribution >= 4 is 34.3 Å². The number of hydrogen-bond donors (Lipinski definition) is 1. The predicted octanol–water partition coefficient (Wildman–Crippen LogP) is 3.41. The summed E-state index contributed by atoms with van der Waals surface area (Å²) in [6.07, 6.45) is 0. The molecule has 0 saturated carbocycles. The molecule has 19 heavy (non-hydrogen) atoms. The van der Waals surface area contributed by atoms with Crippen LogP contribution in [-0.2, 0) is 13.1 Å². The summed E-state index contributed by atoms with van der Waals surface area (Å²) >= 11 is 9.31. The van der Waals surface area contributed by atoms with Crippen LogP contribution in [0.4, 0.5) is 0 Å². The van der Waals surface area contributed by atoms with E-state index < -0.39 is 0 Å². The molecule has 0 aromatic carbocycles. The molecule has 0 atom stereocenters. The standard InChI is InChI=1S/C14H15ClN2S2/c1-17(9-12-4-5-14(15)19-12)10-13-11(3-2-7-16)6-8-18-13/h4-6,8H,7,9-10,16H2,1H3. The molecule has 2 nitrogen and oxygen atoms in total. The lowest BCUT2D eigenvalue weighted by Crippen LogP contribution is -2.16. The molecule has 0 aliphatic heterocycles. The van der Waals surface area contributed by atoms with Crippen molar-refractivity contribution in [1.29, 1.82) is 0 Å². The zero-order chi connectivity index (χ0) is 13.7. The van der Waals surface area contributed by atoms with E-state index in [1.807, 2.05) is 6.07 Å². The summed E-state index contributed by atoms with van der Waals surface area (Å²) in [5.41, 5.74) is 6.50. The van der Waals surface area contributed by atoms with Crippen molar-refractivity contribution in [2.45, 2.75) is 13.1 Å². The highest BCUT2D eigenvalue weighted by molar-refractivity contribution is 7.16. The highest BCUT2D eigenvalue weighted by atomic mass is 35.5. The van der Waals surface area contributed by atoms with Crippen molar-refractivity contribution in [3.8, 4) is 11.8 Å². The van der Waals surface area contributed by atoms with Crippen LogP contribution < -0.4 is 5.73 Å². The molecule has 2 rings (SSSR count). The second-order valence-electron chi connectivity index (χ2n) is 4.14. The average molecular weight is 311 g/mol. The molecule has 2 aromatic heterocycles. The molecule has 0 aliphatic rings. The van der Waals surface area contributed by atoms with E-state index in [0.717, 1.165) is 23.0 Å². The van der Waals surface area contributed by atoms with Crippen LogP contribution in [-0.4, -0.2) is 18.5 Å². The minimum atomic E-state index is 0.402. The lowest BCUT2D eigenvalue weighted by atomic mass is 10.2. The Balaban J connectivity index is 1.99. The van der Waals surface area contributed by atoms with Gasteiger partial charge in [-0.3, -0.25) is 4.90 Å². The lowest BCUT2D eigenvalue weighted by Gasteiger charge is -2.14. The van der Waals surface area contributed by atoms with Gasteiger partial charge in [-0.2, -0.15) is 0 Å². The van der Waals surface area contributed by atoms with E-state index >= 15 is 0 Å². The van der Waals surface area contributed by atoms with Crippen molar-refractivity contribution in [3.05, 3.63) is 43.2 Å². The van der Waals surface area contributed by atoms with E-state index in [1.165, 1.54) is 9.75 Å². The van der Waals surface area contributed by atoms with Crippen LogP contribution in [0.3, 0.4) is 0 Å². The Labute approximate surface area is 126 Å². The smallest absolute Gasteiger partial charge is 0.0931 e. The molecular formula is C14H15ClN2S2. The summed E-state index contributed by atoms with van der Waals surface area (Å²) in [6.45, 7) is 2.19. The van der Waals surface area contributed by atoms with Gasteiger partial charge in [0.1, 0.15) is 0 Å². The maximum atomic E-state index is 5.94. The number of halogens is 1. The van der Waals surface area contributed by atoms with E-state index in [2.05, 4.69) is 41.3 Å². The molecule has 5 heteroatoms. The van der Waals surface area contributed by atoms with Gasteiger partial charge >= 0.3 is 0 Å². The molecule has 2 N–H and O–H groups in total. The minimum absolute atomic E-state index is 0.402. The monoisotopic (exact) mass is 310 g/mol. The molecular weight excluding hydrogens is 296 g/mol. The highest BCUT2D eigenvalue weighted by Crippen LogP contribution is 2.24. The molecule has 0 aliphatic carbocycles. The van der Waals surface area contributed by atoms with Gasteiger partial charge in [-0.1, -0.05) is 23.4 Å². The van der Waals surface area contributed by atoms with E-state index in [-0.39, 0.29) is 0 Å². The van der Waals surface area contributed by atoms with Gasteiger partial charge in [0, 0.05) is 28.4 Å². The van der Waals surface area contributed by atoms with Crippen molar-refractivity contribution < 1.29 is 0 Å². The Morgan fingerprint density at radius 3 is 2.84 bits per heavy atom. The number of rotatable bonds is 4. The summed E-state index contributed by atoms with van der Waals surface area (Å²) in [5, 5.41) is 2.08. The molecule has 0 bridgehead atoms. The van der Waals surface area contributed by atoms with Gasteiger partial charge in [-0.25, -0.2) is 0 Å². The number of nitrogens with zero attached hydrogens (tertiary/aromatic N) is 1. The second-order valence-corrected chi connectivity index (χ2v) is 6.94. The van der Waals surface area contributed by atoms with E-state index in [4.69, 9.17) is 17.3 Å². The fourth-order valence-electron chi connectivity index (χ4n) is 1.72. The van der Waals surface area contributed by atoms with Crippen molar-refractivity contribution in [3.63, 3.8) is 0 Å².